The molecule has 6 nitrogen and oxygen atoms in total. The predicted octanol–water partition coefficient (Wildman–Crippen LogP) is 4.19. The number of benzene rings is 2. The highest BCUT2D eigenvalue weighted by atomic mass is 16.5. The van der Waals surface area contributed by atoms with Crippen LogP contribution in [0.4, 0.5) is 0 Å². The Morgan fingerprint density at radius 2 is 1.74 bits per heavy atom. The molecule has 0 spiro atoms. The highest BCUT2D eigenvalue weighted by Crippen LogP contribution is 2.19. The van der Waals surface area contributed by atoms with Crippen LogP contribution in [0.25, 0.3) is 11.3 Å². The first-order valence-corrected chi connectivity index (χ1v) is 11.1. The Kier molecular flexibility index (Phi) is 7.34. The molecule has 1 saturated heterocycles. The van der Waals surface area contributed by atoms with Crippen molar-refractivity contribution < 1.29 is 4.52 Å². The van der Waals surface area contributed by atoms with Crippen LogP contribution in [-0.4, -0.2) is 35.7 Å². The van der Waals surface area contributed by atoms with E-state index in [1.54, 1.807) is 0 Å². The van der Waals surface area contributed by atoms with Crippen molar-refractivity contribution in [1.82, 2.24) is 20.7 Å². The monoisotopic (exact) mass is 417 g/mol. The number of hydrogen-bond donors (Lipinski definition) is 2. The number of nitrogens with one attached hydrogen (secondary N) is 2. The summed E-state index contributed by atoms with van der Waals surface area (Å²) in [4.78, 5) is 7.24. The summed E-state index contributed by atoms with van der Waals surface area (Å²) in [5.41, 5.74) is 4.45. The Labute approximate surface area is 184 Å². The summed E-state index contributed by atoms with van der Waals surface area (Å²) in [6.07, 6.45) is 2.66. The standard InChI is InChI=1S/C25H31N5O/c1-2-26-25(28-18-23-16-24(31-29-23)22-8-4-3-5-9-22)27-17-20-10-12-21(13-11-20)19-30-14-6-7-15-30/h3-5,8-13,16H,2,6-7,14-15,17-19H2,1H3,(H2,26,27,28). The van der Waals surface area contributed by atoms with E-state index in [9.17, 15) is 0 Å². The molecule has 1 aromatic heterocycles. The van der Waals surface area contributed by atoms with E-state index in [0.29, 0.717) is 13.1 Å². The SMILES string of the molecule is CCNC(=NCc1ccc(CN2CCCC2)cc1)NCc1cc(-c2ccccc2)on1. The minimum atomic E-state index is 0.553. The second kappa shape index (κ2) is 10.8. The molecule has 2 heterocycles. The van der Waals surface area contributed by atoms with E-state index in [1.165, 1.54) is 37.1 Å². The third-order valence-corrected chi connectivity index (χ3v) is 5.45. The van der Waals surface area contributed by atoms with Gasteiger partial charge in [0.25, 0.3) is 0 Å². The van der Waals surface area contributed by atoms with Gasteiger partial charge in [0.05, 0.1) is 13.1 Å². The van der Waals surface area contributed by atoms with Crippen LogP contribution < -0.4 is 10.6 Å². The Morgan fingerprint density at radius 3 is 2.48 bits per heavy atom. The first-order valence-electron chi connectivity index (χ1n) is 11.1. The second-order valence-corrected chi connectivity index (χ2v) is 7.90. The maximum Gasteiger partial charge on any atom is 0.191 e. The lowest BCUT2D eigenvalue weighted by Crippen LogP contribution is -2.36. The molecule has 2 N–H and O–H groups in total. The second-order valence-electron chi connectivity index (χ2n) is 7.90. The molecule has 0 amide bonds. The third-order valence-electron chi connectivity index (χ3n) is 5.45. The normalized spacial score (nSPS) is 14.7. The molecule has 4 rings (SSSR count). The maximum atomic E-state index is 5.48. The van der Waals surface area contributed by atoms with Gasteiger partial charge in [0.15, 0.2) is 11.7 Å². The third kappa shape index (κ3) is 6.18. The summed E-state index contributed by atoms with van der Waals surface area (Å²) in [7, 11) is 0. The van der Waals surface area contributed by atoms with Gasteiger partial charge in [-0.05, 0) is 44.0 Å². The Bertz CT molecular complexity index is 959. The fraction of sp³-hybridized carbons (Fsp3) is 0.360. The topological polar surface area (TPSA) is 65.7 Å². The largest absolute Gasteiger partial charge is 0.357 e. The van der Waals surface area contributed by atoms with Gasteiger partial charge in [-0.3, -0.25) is 4.90 Å². The van der Waals surface area contributed by atoms with Crippen LogP contribution in [0.5, 0.6) is 0 Å². The highest BCUT2D eigenvalue weighted by molar-refractivity contribution is 5.79. The van der Waals surface area contributed by atoms with Gasteiger partial charge in [-0.25, -0.2) is 4.99 Å². The summed E-state index contributed by atoms with van der Waals surface area (Å²) < 4.78 is 5.48. The van der Waals surface area contributed by atoms with E-state index in [2.05, 4.69) is 51.9 Å². The minimum Gasteiger partial charge on any atom is -0.357 e. The van der Waals surface area contributed by atoms with Crippen LogP contribution in [-0.2, 0) is 19.6 Å². The summed E-state index contributed by atoms with van der Waals surface area (Å²) in [5.74, 6) is 1.54. The zero-order valence-corrected chi connectivity index (χ0v) is 18.2. The Balaban J connectivity index is 1.31. The van der Waals surface area contributed by atoms with Gasteiger partial charge in [0, 0.05) is 24.7 Å². The highest BCUT2D eigenvalue weighted by Gasteiger charge is 2.11. The molecule has 162 valence electrons. The lowest BCUT2D eigenvalue weighted by atomic mass is 10.1. The van der Waals surface area contributed by atoms with Crippen molar-refractivity contribution in [2.75, 3.05) is 19.6 Å². The average molecular weight is 418 g/mol. The number of guanidine groups is 1. The van der Waals surface area contributed by atoms with E-state index in [4.69, 9.17) is 9.52 Å². The molecule has 0 radical (unpaired) electrons. The molecule has 1 fully saturated rings. The average Bonchev–Trinajstić information content (AvgIpc) is 3.50. The van der Waals surface area contributed by atoms with Gasteiger partial charge in [-0.2, -0.15) is 0 Å². The molecule has 0 unspecified atom stereocenters. The lowest BCUT2D eigenvalue weighted by molar-refractivity contribution is 0.331. The van der Waals surface area contributed by atoms with Crippen LogP contribution in [0, 0.1) is 0 Å². The molecule has 0 aliphatic carbocycles. The van der Waals surface area contributed by atoms with Gasteiger partial charge in [0.2, 0.25) is 0 Å². The van der Waals surface area contributed by atoms with Crippen LogP contribution in [0.3, 0.4) is 0 Å². The van der Waals surface area contributed by atoms with Crippen molar-refractivity contribution >= 4 is 5.96 Å². The molecule has 1 aliphatic heterocycles. The van der Waals surface area contributed by atoms with E-state index >= 15 is 0 Å². The molecule has 3 aromatic rings. The fourth-order valence-electron chi connectivity index (χ4n) is 3.77. The molecule has 6 heteroatoms. The van der Waals surface area contributed by atoms with Crippen LogP contribution in [0.15, 0.2) is 70.2 Å². The predicted molar refractivity (Wildman–Crippen MR) is 125 cm³/mol. The number of aromatic nitrogens is 1. The molecule has 0 saturated carbocycles. The quantitative estimate of drug-likeness (QED) is 0.425. The van der Waals surface area contributed by atoms with Gasteiger partial charge in [0.1, 0.15) is 5.69 Å². The molecular weight excluding hydrogens is 386 g/mol. The summed E-state index contributed by atoms with van der Waals surface area (Å²) >= 11 is 0. The van der Waals surface area contributed by atoms with E-state index in [-0.39, 0.29) is 0 Å². The van der Waals surface area contributed by atoms with Gasteiger partial charge < -0.3 is 15.2 Å². The van der Waals surface area contributed by atoms with Crippen LogP contribution in [0.2, 0.25) is 0 Å². The minimum absolute atomic E-state index is 0.553. The molecular formula is C25H31N5O. The summed E-state index contributed by atoms with van der Waals surface area (Å²) in [6.45, 7) is 7.55. The fourth-order valence-corrected chi connectivity index (χ4v) is 3.77. The zero-order chi connectivity index (χ0) is 21.3. The van der Waals surface area contributed by atoms with Crippen molar-refractivity contribution in [2.24, 2.45) is 4.99 Å². The molecule has 0 atom stereocenters. The Morgan fingerprint density at radius 1 is 1.00 bits per heavy atom. The van der Waals surface area contributed by atoms with E-state index in [1.807, 2.05) is 36.4 Å². The van der Waals surface area contributed by atoms with Crippen LogP contribution in [0.1, 0.15) is 36.6 Å². The summed E-state index contributed by atoms with van der Waals surface area (Å²) in [5, 5.41) is 10.8. The van der Waals surface area contributed by atoms with Crippen molar-refractivity contribution in [3.63, 3.8) is 0 Å². The zero-order valence-electron chi connectivity index (χ0n) is 18.2. The first kappa shape index (κ1) is 21.1. The van der Waals surface area contributed by atoms with Crippen LogP contribution >= 0.6 is 0 Å². The first-order chi connectivity index (χ1) is 15.3. The van der Waals surface area contributed by atoms with Gasteiger partial charge >= 0.3 is 0 Å². The van der Waals surface area contributed by atoms with E-state index in [0.717, 1.165) is 36.1 Å². The number of rotatable bonds is 8. The number of likely N-dealkylation sites (tertiary alicyclic amines) is 1. The molecule has 1 aliphatic rings. The number of nitrogens with zero attached hydrogens (tertiary/aromatic N) is 3. The van der Waals surface area contributed by atoms with Gasteiger partial charge in [-0.15, -0.1) is 0 Å². The van der Waals surface area contributed by atoms with Crippen molar-refractivity contribution in [2.45, 2.75) is 39.4 Å². The maximum absolute atomic E-state index is 5.48. The van der Waals surface area contributed by atoms with Crippen molar-refractivity contribution in [3.05, 3.63) is 77.5 Å². The summed E-state index contributed by atoms with van der Waals surface area (Å²) in [6, 6.07) is 20.8. The van der Waals surface area contributed by atoms with Gasteiger partial charge in [-0.1, -0.05) is 59.8 Å². The lowest BCUT2D eigenvalue weighted by Gasteiger charge is -2.14. The molecule has 2 aromatic carbocycles. The molecule has 0 bridgehead atoms. The van der Waals surface area contributed by atoms with Crippen molar-refractivity contribution in [3.8, 4) is 11.3 Å². The van der Waals surface area contributed by atoms with Crippen molar-refractivity contribution in [1.29, 1.82) is 0 Å². The van der Waals surface area contributed by atoms with E-state index < -0.39 is 0 Å². The number of aliphatic imine (C=N–C) groups is 1. The smallest absolute Gasteiger partial charge is 0.191 e. The number of hydrogen-bond acceptors (Lipinski definition) is 4. The molecule has 31 heavy (non-hydrogen) atoms. The Hall–Kier alpha value is -3.12.